The standard InChI is InChI=1S/C12H12O3/c1-7-4-9-8(2)6-15-11(9)5-10(7)12(13)14-3/h4-6H,1-3H3. The molecule has 0 aliphatic carbocycles. The minimum Gasteiger partial charge on any atom is -0.465 e. The Morgan fingerprint density at radius 1 is 1.27 bits per heavy atom. The number of rotatable bonds is 1. The van der Waals surface area contributed by atoms with E-state index < -0.39 is 0 Å². The van der Waals surface area contributed by atoms with Crippen LogP contribution in [0.25, 0.3) is 11.0 Å². The van der Waals surface area contributed by atoms with Crippen LogP contribution in [0.4, 0.5) is 0 Å². The van der Waals surface area contributed by atoms with E-state index in [4.69, 9.17) is 9.15 Å². The fourth-order valence-corrected chi connectivity index (χ4v) is 1.64. The van der Waals surface area contributed by atoms with Crippen molar-refractivity contribution in [3.05, 3.63) is 35.1 Å². The van der Waals surface area contributed by atoms with Crippen LogP contribution in [0.1, 0.15) is 21.5 Å². The summed E-state index contributed by atoms with van der Waals surface area (Å²) in [6.07, 6.45) is 1.69. The molecule has 15 heavy (non-hydrogen) atoms. The van der Waals surface area contributed by atoms with Gasteiger partial charge in [-0.05, 0) is 37.1 Å². The van der Waals surface area contributed by atoms with Crippen molar-refractivity contribution in [1.29, 1.82) is 0 Å². The highest BCUT2D eigenvalue weighted by Gasteiger charge is 2.12. The maximum atomic E-state index is 11.4. The molecule has 78 valence electrons. The van der Waals surface area contributed by atoms with E-state index in [0.717, 1.165) is 22.1 Å². The lowest BCUT2D eigenvalue weighted by Crippen LogP contribution is -2.03. The predicted octanol–water partition coefficient (Wildman–Crippen LogP) is 2.84. The zero-order valence-electron chi connectivity index (χ0n) is 8.96. The zero-order valence-corrected chi connectivity index (χ0v) is 8.96. The summed E-state index contributed by atoms with van der Waals surface area (Å²) in [4.78, 5) is 11.4. The van der Waals surface area contributed by atoms with Gasteiger partial charge in [0, 0.05) is 5.39 Å². The van der Waals surface area contributed by atoms with Gasteiger partial charge in [-0.3, -0.25) is 0 Å². The molecule has 0 atom stereocenters. The summed E-state index contributed by atoms with van der Waals surface area (Å²) in [5.41, 5.74) is 3.25. The molecular formula is C12H12O3. The number of carbonyl (C=O) groups excluding carboxylic acids is 1. The first-order valence-corrected chi connectivity index (χ1v) is 4.70. The number of hydrogen-bond donors (Lipinski definition) is 0. The SMILES string of the molecule is COC(=O)c1cc2occ(C)c2cc1C. The van der Waals surface area contributed by atoms with E-state index in [1.807, 2.05) is 19.9 Å². The van der Waals surface area contributed by atoms with E-state index in [2.05, 4.69) is 0 Å². The summed E-state index contributed by atoms with van der Waals surface area (Å²) in [5, 5.41) is 1.04. The molecule has 0 saturated heterocycles. The second-order valence-electron chi connectivity index (χ2n) is 3.57. The van der Waals surface area contributed by atoms with Crippen LogP contribution in [-0.2, 0) is 4.74 Å². The maximum absolute atomic E-state index is 11.4. The van der Waals surface area contributed by atoms with Gasteiger partial charge in [-0.2, -0.15) is 0 Å². The Labute approximate surface area is 87.6 Å². The molecule has 0 amide bonds. The quantitative estimate of drug-likeness (QED) is 0.670. The molecule has 2 aromatic rings. The first kappa shape index (κ1) is 9.77. The lowest BCUT2D eigenvalue weighted by atomic mass is 10.0. The molecule has 0 N–H and O–H groups in total. The van der Waals surface area contributed by atoms with Crippen LogP contribution in [0.5, 0.6) is 0 Å². The minimum absolute atomic E-state index is 0.330. The third kappa shape index (κ3) is 1.50. The first-order valence-electron chi connectivity index (χ1n) is 4.70. The van der Waals surface area contributed by atoms with Crippen molar-refractivity contribution in [2.75, 3.05) is 7.11 Å². The Balaban J connectivity index is 2.68. The molecule has 2 rings (SSSR count). The van der Waals surface area contributed by atoms with Gasteiger partial charge in [-0.25, -0.2) is 4.79 Å². The van der Waals surface area contributed by atoms with Gasteiger partial charge in [0.2, 0.25) is 0 Å². The van der Waals surface area contributed by atoms with Crippen LogP contribution in [0.2, 0.25) is 0 Å². The van der Waals surface area contributed by atoms with E-state index in [1.165, 1.54) is 7.11 Å². The summed E-state index contributed by atoms with van der Waals surface area (Å²) in [6.45, 7) is 3.86. The van der Waals surface area contributed by atoms with E-state index in [9.17, 15) is 4.79 Å². The molecule has 0 fully saturated rings. The number of hydrogen-bond acceptors (Lipinski definition) is 3. The highest BCUT2D eigenvalue weighted by Crippen LogP contribution is 2.24. The van der Waals surface area contributed by atoms with Crippen molar-refractivity contribution in [2.45, 2.75) is 13.8 Å². The van der Waals surface area contributed by atoms with Crippen molar-refractivity contribution in [2.24, 2.45) is 0 Å². The van der Waals surface area contributed by atoms with Crippen molar-refractivity contribution >= 4 is 16.9 Å². The maximum Gasteiger partial charge on any atom is 0.338 e. The smallest absolute Gasteiger partial charge is 0.338 e. The highest BCUT2D eigenvalue weighted by molar-refractivity contribution is 5.96. The van der Waals surface area contributed by atoms with Crippen molar-refractivity contribution in [3.8, 4) is 0 Å². The number of aryl methyl sites for hydroxylation is 2. The molecule has 0 bridgehead atoms. The molecule has 1 aromatic carbocycles. The zero-order chi connectivity index (χ0) is 11.0. The first-order chi connectivity index (χ1) is 7.13. The second-order valence-corrected chi connectivity index (χ2v) is 3.57. The van der Waals surface area contributed by atoms with E-state index in [1.54, 1.807) is 12.3 Å². The van der Waals surface area contributed by atoms with Crippen LogP contribution >= 0.6 is 0 Å². The van der Waals surface area contributed by atoms with Gasteiger partial charge in [0.05, 0.1) is 18.9 Å². The fraction of sp³-hybridized carbons (Fsp3) is 0.250. The summed E-state index contributed by atoms with van der Waals surface area (Å²) in [5.74, 6) is -0.330. The molecule has 1 aromatic heterocycles. The third-order valence-electron chi connectivity index (χ3n) is 2.52. The number of benzene rings is 1. The largest absolute Gasteiger partial charge is 0.465 e. The van der Waals surface area contributed by atoms with Gasteiger partial charge >= 0.3 is 5.97 Å². The third-order valence-corrected chi connectivity index (χ3v) is 2.52. The lowest BCUT2D eigenvalue weighted by molar-refractivity contribution is 0.0600. The molecule has 3 heteroatoms. The van der Waals surface area contributed by atoms with Crippen LogP contribution < -0.4 is 0 Å². The molecule has 0 aliphatic rings. The average molecular weight is 204 g/mol. The van der Waals surface area contributed by atoms with Crippen LogP contribution in [0, 0.1) is 13.8 Å². The summed E-state index contributed by atoms with van der Waals surface area (Å²) in [6, 6.07) is 3.67. The average Bonchev–Trinajstić information content (AvgIpc) is 2.58. The number of carbonyl (C=O) groups is 1. The van der Waals surface area contributed by atoms with E-state index >= 15 is 0 Å². The van der Waals surface area contributed by atoms with Gasteiger partial charge in [-0.15, -0.1) is 0 Å². The van der Waals surface area contributed by atoms with Gasteiger partial charge in [0.15, 0.2) is 0 Å². The van der Waals surface area contributed by atoms with Crippen molar-refractivity contribution in [3.63, 3.8) is 0 Å². The number of fused-ring (bicyclic) bond motifs is 1. The van der Waals surface area contributed by atoms with Crippen molar-refractivity contribution < 1.29 is 13.9 Å². The van der Waals surface area contributed by atoms with Gasteiger partial charge in [0.25, 0.3) is 0 Å². The lowest BCUT2D eigenvalue weighted by Gasteiger charge is -2.03. The number of ether oxygens (including phenoxy) is 1. The van der Waals surface area contributed by atoms with Crippen LogP contribution in [0.3, 0.4) is 0 Å². The molecular weight excluding hydrogens is 192 g/mol. The Bertz CT molecular complexity index is 523. The fourth-order valence-electron chi connectivity index (χ4n) is 1.64. The van der Waals surface area contributed by atoms with Crippen molar-refractivity contribution in [1.82, 2.24) is 0 Å². The monoisotopic (exact) mass is 204 g/mol. The van der Waals surface area contributed by atoms with Crippen LogP contribution in [-0.4, -0.2) is 13.1 Å². The minimum atomic E-state index is -0.330. The summed E-state index contributed by atoms with van der Waals surface area (Å²) in [7, 11) is 1.37. The molecule has 1 heterocycles. The van der Waals surface area contributed by atoms with Crippen LogP contribution in [0.15, 0.2) is 22.8 Å². The van der Waals surface area contributed by atoms with Gasteiger partial charge < -0.3 is 9.15 Å². The molecule has 3 nitrogen and oxygen atoms in total. The van der Waals surface area contributed by atoms with Gasteiger partial charge in [0.1, 0.15) is 5.58 Å². The number of esters is 1. The predicted molar refractivity (Wildman–Crippen MR) is 57.0 cm³/mol. The molecule has 0 saturated carbocycles. The Morgan fingerprint density at radius 3 is 2.67 bits per heavy atom. The second kappa shape index (κ2) is 3.42. The van der Waals surface area contributed by atoms with E-state index in [0.29, 0.717) is 5.56 Å². The molecule has 0 radical (unpaired) electrons. The molecule has 0 unspecified atom stereocenters. The summed E-state index contributed by atoms with van der Waals surface area (Å²) < 4.78 is 10.0. The number of methoxy groups -OCH3 is 1. The molecule has 0 spiro atoms. The van der Waals surface area contributed by atoms with E-state index in [-0.39, 0.29) is 5.97 Å². The summed E-state index contributed by atoms with van der Waals surface area (Å²) >= 11 is 0. The molecule has 0 aliphatic heterocycles. The topological polar surface area (TPSA) is 39.4 Å². The normalized spacial score (nSPS) is 10.6. The number of furan rings is 1. The highest BCUT2D eigenvalue weighted by atomic mass is 16.5. The Morgan fingerprint density at radius 2 is 2.00 bits per heavy atom. The van der Waals surface area contributed by atoms with Gasteiger partial charge in [-0.1, -0.05) is 0 Å². The Kier molecular flexibility index (Phi) is 2.23. The Hall–Kier alpha value is -1.77.